The van der Waals surface area contributed by atoms with Gasteiger partial charge in [-0.3, -0.25) is 9.10 Å². The number of likely N-dealkylation sites (tertiary alicyclic amines) is 1. The zero-order valence-corrected chi connectivity index (χ0v) is 20.8. The van der Waals surface area contributed by atoms with Crippen molar-refractivity contribution in [3.63, 3.8) is 0 Å². The number of rotatable bonds is 7. The van der Waals surface area contributed by atoms with Gasteiger partial charge in [-0.2, -0.15) is 0 Å². The lowest BCUT2D eigenvalue weighted by Gasteiger charge is -2.34. The van der Waals surface area contributed by atoms with E-state index in [1.165, 1.54) is 9.87 Å². The van der Waals surface area contributed by atoms with Gasteiger partial charge in [-0.15, -0.1) is 0 Å². The Morgan fingerprint density at radius 3 is 2.21 bits per heavy atom. The van der Waals surface area contributed by atoms with Gasteiger partial charge in [-0.25, -0.2) is 8.42 Å². The summed E-state index contributed by atoms with van der Waals surface area (Å²) in [4.78, 5) is 15.2. The highest BCUT2D eigenvalue weighted by molar-refractivity contribution is 7.92. The Labute approximate surface area is 207 Å². The van der Waals surface area contributed by atoms with Crippen LogP contribution >= 0.6 is 11.6 Å². The fourth-order valence-electron chi connectivity index (χ4n) is 4.47. The van der Waals surface area contributed by atoms with Gasteiger partial charge in [-0.05, 0) is 73.6 Å². The second kappa shape index (κ2) is 10.6. The van der Waals surface area contributed by atoms with Crippen molar-refractivity contribution in [3.05, 3.63) is 95.0 Å². The Kier molecular flexibility index (Phi) is 7.59. The van der Waals surface area contributed by atoms with Gasteiger partial charge in [-0.1, -0.05) is 60.1 Å². The fourth-order valence-corrected chi connectivity index (χ4v) is 6.20. The fraction of sp³-hybridized carbons (Fsp3) is 0.296. The van der Waals surface area contributed by atoms with Crippen molar-refractivity contribution in [2.75, 3.05) is 23.9 Å². The average Bonchev–Trinajstić information content (AvgIpc) is 2.84. The molecule has 1 saturated heterocycles. The smallest absolute Gasteiger partial charge is 0.264 e. The van der Waals surface area contributed by atoms with Crippen molar-refractivity contribution < 1.29 is 13.2 Å². The van der Waals surface area contributed by atoms with Gasteiger partial charge < -0.3 is 4.90 Å². The summed E-state index contributed by atoms with van der Waals surface area (Å²) in [5.74, 6) is 0.334. The molecule has 1 amide bonds. The van der Waals surface area contributed by atoms with Crippen molar-refractivity contribution >= 4 is 33.2 Å². The Balaban J connectivity index is 1.51. The minimum Gasteiger partial charge on any atom is -0.341 e. The van der Waals surface area contributed by atoms with Crippen molar-refractivity contribution in [2.45, 2.75) is 31.1 Å². The predicted molar refractivity (Wildman–Crippen MR) is 137 cm³/mol. The summed E-state index contributed by atoms with van der Waals surface area (Å²) in [6.45, 7) is 2.82. The van der Waals surface area contributed by atoms with Crippen LogP contribution in [0.15, 0.2) is 83.8 Å². The molecule has 3 aromatic carbocycles. The molecule has 0 atom stereocenters. The zero-order valence-electron chi connectivity index (χ0n) is 19.2. The molecule has 0 bridgehead atoms. The summed E-state index contributed by atoms with van der Waals surface area (Å²) in [6.07, 6.45) is 2.82. The number of amides is 1. The third-order valence-electron chi connectivity index (χ3n) is 6.37. The summed E-state index contributed by atoms with van der Waals surface area (Å²) < 4.78 is 28.3. The Hall–Kier alpha value is -2.83. The van der Waals surface area contributed by atoms with Gasteiger partial charge in [0.2, 0.25) is 5.91 Å². The number of anilines is 1. The van der Waals surface area contributed by atoms with Crippen LogP contribution in [-0.4, -0.2) is 38.9 Å². The van der Waals surface area contributed by atoms with Crippen molar-refractivity contribution in [1.29, 1.82) is 0 Å². The molecule has 0 aliphatic carbocycles. The first-order chi connectivity index (χ1) is 16.3. The van der Waals surface area contributed by atoms with Gasteiger partial charge in [0, 0.05) is 18.1 Å². The number of carbonyl (C=O) groups is 1. The Morgan fingerprint density at radius 2 is 1.59 bits per heavy atom. The molecule has 3 aromatic rings. The molecule has 1 aliphatic heterocycles. The van der Waals surface area contributed by atoms with E-state index in [0.29, 0.717) is 35.3 Å². The molecule has 1 fully saturated rings. The van der Waals surface area contributed by atoms with E-state index < -0.39 is 10.0 Å². The molecule has 7 heteroatoms. The van der Waals surface area contributed by atoms with E-state index in [4.69, 9.17) is 11.6 Å². The number of nitrogens with zero attached hydrogens (tertiary/aromatic N) is 2. The highest BCUT2D eigenvalue weighted by Crippen LogP contribution is 2.29. The first-order valence-electron chi connectivity index (χ1n) is 11.5. The monoisotopic (exact) mass is 496 g/mol. The molecule has 5 nitrogen and oxygen atoms in total. The SMILES string of the molecule is Cc1cc(Cl)ccc1N(CC(=O)N1CCC(Cc2ccccc2)CC1)S(=O)(=O)c1ccccc1. The second-order valence-corrected chi connectivity index (χ2v) is 11.1. The topological polar surface area (TPSA) is 57.7 Å². The molecule has 0 saturated carbocycles. The second-order valence-electron chi connectivity index (χ2n) is 8.77. The largest absolute Gasteiger partial charge is 0.341 e. The molecule has 0 radical (unpaired) electrons. The van der Waals surface area contributed by atoms with E-state index in [1.54, 1.807) is 60.4 Å². The minimum absolute atomic E-state index is 0.152. The van der Waals surface area contributed by atoms with Gasteiger partial charge in [0.25, 0.3) is 10.0 Å². The van der Waals surface area contributed by atoms with Crippen LogP contribution in [0.4, 0.5) is 5.69 Å². The van der Waals surface area contributed by atoms with Crippen LogP contribution in [0.1, 0.15) is 24.0 Å². The number of sulfonamides is 1. The normalized spacial score (nSPS) is 14.7. The Morgan fingerprint density at radius 1 is 0.971 bits per heavy atom. The lowest BCUT2D eigenvalue weighted by atomic mass is 9.90. The third-order valence-corrected chi connectivity index (χ3v) is 8.38. The molecule has 1 aliphatic rings. The zero-order chi connectivity index (χ0) is 24.1. The predicted octanol–water partition coefficient (Wildman–Crippen LogP) is 5.33. The van der Waals surface area contributed by atoms with Gasteiger partial charge in [0.1, 0.15) is 6.54 Å². The first-order valence-corrected chi connectivity index (χ1v) is 13.3. The van der Waals surface area contributed by atoms with Crippen LogP contribution in [0.25, 0.3) is 0 Å². The molecule has 34 heavy (non-hydrogen) atoms. The van der Waals surface area contributed by atoms with Crippen LogP contribution < -0.4 is 4.31 Å². The summed E-state index contributed by atoms with van der Waals surface area (Å²) in [5.41, 5.74) is 2.47. The van der Waals surface area contributed by atoms with Crippen molar-refractivity contribution in [1.82, 2.24) is 4.90 Å². The number of carbonyl (C=O) groups excluding carboxylic acids is 1. The van der Waals surface area contributed by atoms with Crippen LogP contribution in [0, 0.1) is 12.8 Å². The molecular formula is C27H29ClN2O3S. The summed E-state index contributed by atoms with van der Waals surface area (Å²) in [5, 5.41) is 0.519. The van der Waals surface area contributed by atoms with Crippen LogP contribution in [-0.2, 0) is 21.2 Å². The lowest BCUT2D eigenvalue weighted by molar-refractivity contribution is -0.130. The third kappa shape index (κ3) is 5.62. The summed E-state index contributed by atoms with van der Waals surface area (Å²) >= 11 is 6.11. The lowest BCUT2D eigenvalue weighted by Crippen LogP contribution is -2.46. The van der Waals surface area contributed by atoms with Crippen molar-refractivity contribution in [3.8, 4) is 0 Å². The van der Waals surface area contributed by atoms with Crippen LogP contribution in [0.3, 0.4) is 0 Å². The maximum atomic E-state index is 13.6. The van der Waals surface area contributed by atoms with E-state index in [2.05, 4.69) is 24.3 Å². The van der Waals surface area contributed by atoms with Crippen molar-refractivity contribution in [2.24, 2.45) is 5.92 Å². The number of hydrogen-bond donors (Lipinski definition) is 0. The van der Waals surface area contributed by atoms with E-state index >= 15 is 0 Å². The number of aryl methyl sites for hydroxylation is 1. The quantitative estimate of drug-likeness (QED) is 0.444. The van der Waals surface area contributed by atoms with E-state index in [0.717, 1.165) is 19.3 Å². The van der Waals surface area contributed by atoms with E-state index in [-0.39, 0.29) is 17.3 Å². The van der Waals surface area contributed by atoms with Gasteiger partial charge in [0.05, 0.1) is 10.6 Å². The number of piperidine rings is 1. The molecule has 0 N–H and O–H groups in total. The molecule has 0 aromatic heterocycles. The van der Waals surface area contributed by atoms with Crippen LogP contribution in [0.5, 0.6) is 0 Å². The summed E-state index contributed by atoms with van der Waals surface area (Å²) in [7, 11) is -3.93. The number of halogens is 1. The maximum Gasteiger partial charge on any atom is 0.264 e. The molecule has 1 heterocycles. The highest BCUT2D eigenvalue weighted by atomic mass is 35.5. The van der Waals surface area contributed by atoms with Crippen LogP contribution in [0.2, 0.25) is 5.02 Å². The first kappa shape index (κ1) is 24.3. The summed E-state index contributed by atoms with van der Waals surface area (Å²) in [6, 6.07) is 23.6. The molecule has 0 spiro atoms. The Bertz CT molecular complexity index is 1230. The number of benzene rings is 3. The standard InChI is InChI=1S/C27H29ClN2O3S/c1-21-18-24(28)12-13-26(21)30(34(32,33)25-10-6-3-7-11-25)20-27(31)29-16-14-23(15-17-29)19-22-8-4-2-5-9-22/h2-13,18,23H,14-17,19-20H2,1H3. The molecular weight excluding hydrogens is 468 g/mol. The molecule has 0 unspecified atom stereocenters. The van der Waals surface area contributed by atoms with Gasteiger partial charge >= 0.3 is 0 Å². The van der Waals surface area contributed by atoms with E-state index in [1.807, 2.05) is 6.07 Å². The maximum absolute atomic E-state index is 13.6. The number of hydrogen-bond acceptors (Lipinski definition) is 3. The molecule has 178 valence electrons. The average molecular weight is 497 g/mol. The molecule has 4 rings (SSSR count). The van der Waals surface area contributed by atoms with E-state index in [9.17, 15) is 13.2 Å². The van der Waals surface area contributed by atoms with Gasteiger partial charge in [0.15, 0.2) is 0 Å². The highest BCUT2D eigenvalue weighted by Gasteiger charge is 2.31. The minimum atomic E-state index is -3.93.